The first-order chi connectivity index (χ1) is 10.8. The van der Waals surface area contributed by atoms with E-state index in [2.05, 4.69) is 10.3 Å². The van der Waals surface area contributed by atoms with Crippen LogP contribution in [0.25, 0.3) is 10.9 Å². The van der Waals surface area contributed by atoms with Gasteiger partial charge in [0.05, 0.1) is 9.85 Å². The van der Waals surface area contributed by atoms with Gasteiger partial charge in [-0.1, -0.05) is 17.7 Å². The van der Waals surface area contributed by atoms with E-state index in [-0.39, 0.29) is 6.10 Å². The van der Waals surface area contributed by atoms with Crippen LogP contribution in [0.2, 0.25) is 4.34 Å². The van der Waals surface area contributed by atoms with Crippen LogP contribution in [0.5, 0.6) is 5.75 Å². The Hall–Kier alpha value is -1.62. The Balaban J connectivity index is 1.91. The number of thiophene rings is 1. The summed E-state index contributed by atoms with van der Waals surface area (Å²) < 4.78 is 7.09. The van der Waals surface area contributed by atoms with E-state index in [0.717, 1.165) is 38.8 Å². The predicted molar refractivity (Wildman–Crippen MR) is 93.0 cm³/mol. The maximum Gasteiger partial charge on any atom is 0.134 e. The molecule has 22 heavy (non-hydrogen) atoms. The number of pyridine rings is 1. The van der Waals surface area contributed by atoms with Gasteiger partial charge in [-0.15, -0.1) is 11.3 Å². The lowest BCUT2D eigenvalue weighted by Gasteiger charge is -2.19. The first-order valence-corrected chi connectivity index (χ1v) is 8.37. The van der Waals surface area contributed by atoms with Crippen molar-refractivity contribution in [3.63, 3.8) is 0 Å². The van der Waals surface area contributed by atoms with Gasteiger partial charge in [0.2, 0.25) is 0 Å². The fraction of sp³-hybridized carbons (Fsp3) is 0.235. The zero-order valence-corrected chi connectivity index (χ0v) is 13.8. The van der Waals surface area contributed by atoms with E-state index in [4.69, 9.17) is 16.3 Å². The van der Waals surface area contributed by atoms with Gasteiger partial charge >= 0.3 is 0 Å². The van der Waals surface area contributed by atoms with Crippen molar-refractivity contribution in [3.05, 3.63) is 57.9 Å². The molecule has 2 aromatic heterocycles. The molecule has 0 bridgehead atoms. The fourth-order valence-electron chi connectivity index (χ4n) is 2.37. The van der Waals surface area contributed by atoms with Gasteiger partial charge in [0.15, 0.2) is 0 Å². The average molecular weight is 333 g/mol. The first kappa shape index (κ1) is 15.3. The molecule has 3 rings (SSSR count). The van der Waals surface area contributed by atoms with Crippen LogP contribution in [-0.2, 0) is 0 Å². The molecule has 0 amide bonds. The molecule has 3 aromatic rings. The Kier molecular flexibility index (Phi) is 4.93. The minimum Gasteiger partial charge on any atom is -0.484 e. The minimum atomic E-state index is -0.0178. The number of hydrogen-bond acceptors (Lipinski definition) is 4. The normalized spacial score (nSPS) is 12.5. The third-order valence-corrected chi connectivity index (χ3v) is 4.77. The molecule has 5 heteroatoms. The van der Waals surface area contributed by atoms with Gasteiger partial charge in [-0.25, -0.2) is 0 Å². The van der Waals surface area contributed by atoms with Crippen LogP contribution >= 0.6 is 22.9 Å². The molecular weight excluding hydrogens is 316 g/mol. The smallest absolute Gasteiger partial charge is 0.134 e. The van der Waals surface area contributed by atoms with Crippen molar-refractivity contribution >= 4 is 33.8 Å². The highest BCUT2D eigenvalue weighted by molar-refractivity contribution is 7.16. The van der Waals surface area contributed by atoms with Crippen LogP contribution in [0, 0.1) is 0 Å². The molecule has 0 fully saturated rings. The Morgan fingerprint density at radius 1 is 1.23 bits per heavy atom. The van der Waals surface area contributed by atoms with Gasteiger partial charge < -0.3 is 10.1 Å². The molecule has 0 saturated carbocycles. The van der Waals surface area contributed by atoms with E-state index >= 15 is 0 Å². The number of rotatable bonds is 6. The molecule has 0 aliphatic heterocycles. The Bertz CT molecular complexity index is 754. The lowest BCUT2D eigenvalue weighted by molar-refractivity contribution is 0.201. The average Bonchev–Trinajstić information content (AvgIpc) is 2.98. The quantitative estimate of drug-likeness (QED) is 0.711. The number of hydrogen-bond donors (Lipinski definition) is 1. The van der Waals surface area contributed by atoms with E-state index < -0.39 is 0 Å². The molecule has 0 saturated heterocycles. The second kappa shape index (κ2) is 7.09. The summed E-state index contributed by atoms with van der Waals surface area (Å²) in [4.78, 5) is 5.52. The summed E-state index contributed by atoms with van der Waals surface area (Å²) in [5, 5.41) is 4.21. The van der Waals surface area contributed by atoms with Gasteiger partial charge in [-0.2, -0.15) is 0 Å². The Morgan fingerprint density at radius 2 is 2.14 bits per heavy atom. The van der Waals surface area contributed by atoms with Crippen LogP contribution in [0.15, 0.2) is 48.7 Å². The minimum absolute atomic E-state index is 0.0178. The van der Waals surface area contributed by atoms with Gasteiger partial charge in [0.1, 0.15) is 11.9 Å². The van der Waals surface area contributed by atoms with E-state index in [0.29, 0.717) is 0 Å². The van der Waals surface area contributed by atoms with Gasteiger partial charge in [0.25, 0.3) is 0 Å². The third kappa shape index (κ3) is 3.40. The van der Waals surface area contributed by atoms with Gasteiger partial charge in [-0.3, -0.25) is 4.98 Å². The molecule has 0 aliphatic rings. The number of benzene rings is 1. The molecule has 1 N–H and O–H groups in total. The van der Waals surface area contributed by atoms with Crippen LogP contribution in [-0.4, -0.2) is 18.6 Å². The molecule has 0 spiro atoms. The highest BCUT2D eigenvalue weighted by atomic mass is 35.5. The zero-order chi connectivity index (χ0) is 15.4. The third-order valence-electron chi connectivity index (χ3n) is 3.44. The van der Waals surface area contributed by atoms with Crippen LogP contribution in [0.4, 0.5) is 0 Å². The molecule has 3 nitrogen and oxygen atoms in total. The second-order valence-corrected chi connectivity index (χ2v) is 6.71. The van der Waals surface area contributed by atoms with E-state index in [1.807, 2.05) is 49.5 Å². The van der Waals surface area contributed by atoms with E-state index in [1.54, 1.807) is 17.5 Å². The van der Waals surface area contributed by atoms with Gasteiger partial charge in [0, 0.05) is 22.9 Å². The number of nitrogens with one attached hydrogen (secondary N) is 1. The lowest BCUT2D eigenvalue weighted by atomic mass is 10.1. The molecular formula is C17H17ClN2OS. The predicted octanol–water partition coefficient (Wildman–Crippen LogP) is 4.68. The second-order valence-electron chi connectivity index (χ2n) is 4.97. The number of nitrogens with zero attached hydrogens (tertiary/aromatic N) is 1. The topological polar surface area (TPSA) is 34.1 Å². The number of ether oxygens (including phenoxy) is 1. The summed E-state index contributed by atoms with van der Waals surface area (Å²) in [5.41, 5.74) is 0.941. The van der Waals surface area contributed by atoms with E-state index in [9.17, 15) is 0 Å². The van der Waals surface area contributed by atoms with Crippen molar-refractivity contribution in [2.45, 2.75) is 12.5 Å². The van der Waals surface area contributed by atoms with Crippen molar-refractivity contribution < 1.29 is 4.74 Å². The lowest BCUT2D eigenvalue weighted by Crippen LogP contribution is -2.15. The number of fused-ring (bicyclic) bond motifs is 1. The molecule has 0 radical (unpaired) electrons. The van der Waals surface area contributed by atoms with E-state index in [1.165, 1.54) is 0 Å². The highest BCUT2D eigenvalue weighted by Crippen LogP contribution is 2.34. The Labute approximate surface area is 138 Å². The molecule has 0 unspecified atom stereocenters. The zero-order valence-electron chi connectivity index (χ0n) is 12.3. The van der Waals surface area contributed by atoms with Crippen LogP contribution in [0.1, 0.15) is 17.4 Å². The summed E-state index contributed by atoms with van der Waals surface area (Å²) in [6, 6.07) is 13.9. The molecule has 2 heterocycles. The van der Waals surface area contributed by atoms with Crippen molar-refractivity contribution in [2.75, 3.05) is 13.6 Å². The standard InChI is InChI=1S/C17H17ClN2OS/c1-19-11-9-15(16-7-8-17(18)22-16)21-14-6-2-5-13-12(14)4-3-10-20-13/h2-8,10,15,19H,9,11H2,1H3/t15-/m0/s1. The summed E-state index contributed by atoms with van der Waals surface area (Å²) in [6.45, 7) is 0.878. The molecule has 114 valence electrons. The Morgan fingerprint density at radius 3 is 2.91 bits per heavy atom. The molecule has 1 aromatic carbocycles. The SMILES string of the molecule is CNCC[C@H](Oc1cccc2ncccc12)c1ccc(Cl)s1. The fourth-order valence-corrected chi connectivity index (χ4v) is 3.49. The van der Waals surface area contributed by atoms with Crippen molar-refractivity contribution in [1.82, 2.24) is 10.3 Å². The van der Waals surface area contributed by atoms with Gasteiger partial charge in [-0.05, 0) is 50.0 Å². The van der Waals surface area contributed by atoms with Crippen molar-refractivity contribution in [2.24, 2.45) is 0 Å². The first-order valence-electron chi connectivity index (χ1n) is 7.18. The maximum absolute atomic E-state index is 6.30. The summed E-state index contributed by atoms with van der Waals surface area (Å²) in [7, 11) is 1.94. The number of halogens is 1. The summed E-state index contributed by atoms with van der Waals surface area (Å²) in [6.07, 6.45) is 2.66. The summed E-state index contributed by atoms with van der Waals surface area (Å²) >= 11 is 7.64. The largest absolute Gasteiger partial charge is 0.484 e. The monoisotopic (exact) mass is 332 g/mol. The van der Waals surface area contributed by atoms with Crippen LogP contribution in [0.3, 0.4) is 0 Å². The maximum atomic E-state index is 6.30. The van der Waals surface area contributed by atoms with Crippen LogP contribution < -0.4 is 10.1 Å². The molecule has 0 aliphatic carbocycles. The summed E-state index contributed by atoms with van der Waals surface area (Å²) in [5.74, 6) is 0.858. The molecule has 1 atom stereocenters. The van der Waals surface area contributed by atoms with Crippen molar-refractivity contribution in [1.29, 1.82) is 0 Å². The highest BCUT2D eigenvalue weighted by Gasteiger charge is 2.16. The number of aromatic nitrogens is 1. The van der Waals surface area contributed by atoms with Crippen molar-refractivity contribution in [3.8, 4) is 5.75 Å².